The highest BCUT2D eigenvalue weighted by atomic mass is 35.5. The van der Waals surface area contributed by atoms with Gasteiger partial charge in [0, 0.05) is 48.7 Å². The van der Waals surface area contributed by atoms with Crippen LogP contribution in [0.1, 0.15) is 52.4 Å². The van der Waals surface area contributed by atoms with Crippen molar-refractivity contribution in [2.75, 3.05) is 48.5 Å². The third kappa shape index (κ3) is 6.21. The van der Waals surface area contributed by atoms with Gasteiger partial charge in [-0.1, -0.05) is 35.3 Å². The van der Waals surface area contributed by atoms with E-state index in [4.69, 9.17) is 51.6 Å². The van der Waals surface area contributed by atoms with Gasteiger partial charge in [0.2, 0.25) is 5.75 Å². The predicted octanol–water partition coefficient (Wildman–Crippen LogP) is 8.39. The number of likely N-dealkylation sites (N-methyl/N-ethyl adjacent to an activating group) is 2. The standard InChI is InChI=1S/C39H40Cl2N2O7/c1-21(44)48-39-37-35-26(36(41)38(39)47-6)12-14-43(3)30(35)16-24-18-33(32(46-5)20-28(24)40)49-25-9-7-22(8-10-25)15-29-27-19-34(50-37)31(45-4)17-23(27)11-13-42(29)2/h7-10,17-20,29-30H,11-16H2,1-6H3/t29-,30-/m0/s1. The Kier molecular flexibility index (Phi) is 9.52. The van der Waals surface area contributed by atoms with Gasteiger partial charge in [-0.05, 0) is 97.9 Å². The second-order valence-corrected chi connectivity index (χ2v) is 13.8. The summed E-state index contributed by atoms with van der Waals surface area (Å²) in [5, 5.41) is 0.895. The molecule has 50 heavy (non-hydrogen) atoms. The van der Waals surface area contributed by atoms with Gasteiger partial charge in [-0.15, -0.1) is 0 Å². The number of esters is 1. The van der Waals surface area contributed by atoms with Crippen LogP contribution in [0.4, 0.5) is 0 Å². The number of nitrogens with zero attached hydrogens (tertiary/aromatic N) is 2. The summed E-state index contributed by atoms with van der Waals surface area (Å²) in [5.74, 6) is 2.95. The third-order valence-corrected chi connectivity index (χ3v) is 10.8. The molecule has 0 saturated heterocycles. The Labute approximate surface area is 302 Å². The zero-order valence-corrected chi connectivity index (χ0v) is 30.5. The van der Waals surface area contributed by atoms with Gasteiger partial charge in [0.15, 0.2) is 34.5 Å². The van der Waals surface area contributed by atoms with Gasteiger partial charge in [0.1, 0.15) is 5.75 Å². The van der Waals surface area contributed by atoms with Crippen LogP contribution in [0.3, 0.4) is 0 Å². The molecule has 0 spiro atoms. The summed E-state index contributed by atoms with van der Waals surface area (Å²) < 4.78 is 36.8. The fourth-order valence-corrected chi connectivity index (χ4v) is 8.02. The van der Waals surface area contributed by atoms with Crippen molar-refractivity contribution in [2.24, 2.45) is 0 Å². The smallest absolute Gasteiger partial charge is 0.308 e. The van der Waals surface area contributed by atoms with Gasteiger partial charge in [-0.25, -0.2) is 0 Å². The van der Waals surface area contributed by atoms with E-state index in [1.54, 1.807) is 20.3 Å². The largest absolute Gasteiger partial charge is 0.493 e. The Bertz CT molecular complexity index is 1970. The van der Waals surface area contributed by atoms with Crippen LogP contribution in [-0.2, 0) is 30.5 Å². The molecule has 9 nitrogen and oxygen atoms in total. The first-order chi connectivity index (χ1) is 24.1. The number of hydrogen-bond donors (Lipinski definition) is 0. The summed E-state index contributed by atoms with van der Waals surface area (Å²) in [5.41, 5.74) is 5.95. The minimum atomic E-state index is -0.538. The number of hydrogen-bond acceptors (Lipinski definition) is 9. The lowest BCUT2D eigenvalue weighted by molar-refractivity contribution is -0.132. The first kappa shape index (κ1) is 34.3. The van der Waals surface area contributed by atoms with Crippen LogP contribution in [-0.4, -0.2) is 64.3 Å². The molecule has 0 aliphatic carbocycles. The molecule has 262 valence electrons. The van der Waals surface area contributed by atoms with E-state index in [0.29, 0.717) is 63.9 Å². The maximum Gasteiger partial charge on any atom is 0.308 e. The Hall–Kier alpha value is -4.15. The van der Waals surface area contributed by atoms with Crippen LogP contribution in [0, 0.1) is 0 Å². The van der Waals surface area contributed by atoms with Crippen LogP contribution in [0.25, 0.3) is 0 Å². The normalized spacial score (nSPS) is 18.6. The summed E-state index contributed by atoms with van der Waals surface area (Å²) in [4.78, 5) is 17.3. The van der Waals surface area contributed by atoms with Crippen LogP contribution < -0.4 is 28.4 Å². The number of carbonyl (C=O) groups excluding carboxylic acids is 1. The van der Waals surface area contributed by atoms with E-state index in [9.17, 15) is 4.79 Å². The lowest BCUT2D eigenvalue weighted by atomic mass is 9.87. The summed E-state index contributed by atoms with van der Waals surface area (Å²) in [7, 11) is 8.92. The molecule has 0 aromatic heterocycles. The Morgan fingerprint density at radius 2 is 1.46 bits per heavy atom. The van der Waals surface area contributed by atoms with Gasteiger partial charge in [-0.3, -0.25) is 14.6 Å². The number of rotatable bonds is 4. The molecule has 4 aliphatic heterocycles. The van der Waals surface area contributed by atoms with Crippen molar-refractivity contribution in [1.29, 1.82) is 0 Å². The molecule has 2 atom stereocenters. The number of ether oxygens (including phenoxy) is 6. The highest BCUT2D eigenvalue weighted by Crippen LogP contribution is 2.55. The fraction of sp³-hybridized carbons (Fsp3) is 0.359. The fourth-order valence-electron chi connectivity index (χ4n) is 7.43. The van der Waals surface area contributed by atoms with Gasteiger partial charge < -0.3 is 28.4 Å². The molecule has 11 heteroatoms. The zero-order valence-electron chi connectivity index (χ0n) is 29.0. The van der Waals surface area contributed by atoms with Gasteiger partial charge in [-0.2, -0.15) is 0 Å². The molecule has 4 aromatic rings. The minimum absolute atomic E-state index is 0.0667. The van der Waals surface area contributed by atoms with Crippen LogP contribution >= 0.6 is 23.2 Å². The van der Waals surface area contributed by atoms with E-state index in [1.807, 2.05) is 25.2 Å². The van der Waals surface area contributed by atoms with E-state index >= 15 is 0 Å². The number of carbonyl (C=O) groups is 1. The third-order valence-electron chi connectivity index (χ3n) is 10.1. The van der Waals surface area contributed by atoms with E-state index < -0.39 is 5.97 Å². The molecule has 0 fully saturated rings. The first-order valence-electron chi connectivity index (χ1n) is 16.6. The molecule has 8 rings (SSSR count). The lowest BCUT2D eigenvalue weighted by Crippen LogP contribution is -2.34. The zero-order chi connectivity index (χ0) is 35.3. The van der Waals surface area contributed by atoms with E-state index in [0.717, 1.165) is 47.2 Å². The predicted molar refractivity (Wildman–Crippen MR) is 192 cm³/mol. The lowest BCUT2D eigenvalue weighted by Gasteiger charge is -2.38. The molecule has 4 aromatic carbocycles. The summed E-state index contributed by atoms with van der Waals surface area (Å²) in [6.45, 7) is 2.94. The van der Waals surface area contributed by atoms with Crippen molar-refractivity contribution < 1.29 is 33.2 Å². The molecule has 4 heterocycles. The minimum Gasteiger partial charge on any atom is -0.493 e. The van der Waals surface area contributed by atoms with E-state index in [-0.39, 0.29) is 23.6 Å². The number of halogens is 2. The van der Waals surface area contributed by atoms with Gasteiger partial charge in [0.25, 0.3) is 0 Å². The van der Waals surface area contributed by atoms with Crippen LogP contribution in [0.15, 0.2) is 48.5 Å². The highest BCUT2D eigenvalue weighted by Gasteiger charge is 2.38. The molecule has 0 amide bonds. The van der Waals surface area contributed by atoms with Gasteiger partial charge >= 0.3 is 5.97 Å². The van der Waals surface area contributed by atoms with E-state index in [2.05, 4.69) is 41.1 Å². The van der Waals surface area contributed by atoms with Crippen molar-refractivity contribution in [1.82, 2.24) is 9.80 Å². The van der Waals surface area contributed by atoms with Crippen LogP contribution in [0.2, 0.25) is 10.0 Å². The van der Waals surface area contributed by atoms with Crippen molar-refractivity contribution in [2.45, 2.75) is 44.7 Å². The van der Waals surface area contributed by atoms with Crippen molar-refractivity contribution in [3.05, 3.63) is 92.0 Å². The number of benzene rings is 4. The Morgan fingerprint density at radius 1 is 0.780 bits per heavy atom. The topological polar surface area (TPSA) is 78.9 Å². The van der Waals surface area contributed by atoms with Crippen molar-refractivity contribution in [3.8, 4) is 46.0 Å². The second-order valence-electron chi connectivity index (χ2n) is 13.0. The average Bonchev–Trinajstić information content (AvgIpc) is 3.10. The summed E-state index contributed by atoms with van der Waals surface area (Å²) >= 11 is 14.1. The maximum atomic E-state index is 12.7. The Morgan fingerprint density at radius 3 is 2.16 bits per heavy atom. The SMILES string of the molecule is COc1cc(Cl)c2cc1Oc1ccc(cc1)C[C@H]1c3cc(c(OC)cc3CCN1C)Oc1c(OC(C)=O)c(OC)c(Cl)c3c1[C@H](C2)N(C)CC3. The average molecular weight is 720 g/mol. The van der Waals surface area contributed by atoms with E-state index in [1.165, 1.54) is 19.6 Å². The van der Waals surface area contributed by atoms with Gasteiger partial charge in [0.05, 0.1) is 26.4 Å². The number of fused-ring (bicyclic) bond motifs is 2. The molecule has 4 aliphatic rings. The quantitative estimate of drug-likeness (QED) is 0.153. The molecule has 0 radical (unpaired) electrons. The molecule has 0 unspecified atom stereocenters. The molecule has 0 N–H and O–H groups in total. The highest BCUT2D eigenvalue weighted by molar-refractivity contribution is 6.33. The second kappa shape index (κ2) is 13.9. The Balaban J connectivity index is 1.52. The van der Waals surface area contributed by atoms with Crippen LogP contribution in [0.5, 0.6) is 46.0 Å². The van der Waals surface area contributed by atoms with Crippen molar-refractivity contribution in [3.63, 3.8) is 0 Å². The molecular weight excluding hydrogens is 679 g/mol. The first-order valence-corrected chi connectivity index (χ1v) is 17.4. The number of methoxy groups -OCH3 is 3. The van der Waals surface area contributed by atoms with Crippen molar-refractivity contribution >= 4 is 29.2 Å². The molecular formula is C39H40Cl2N2O7. The monoisotopic (exact) mass is 718 g/mol. The molecule has 6 bridgehead atoms. The maximum absolute atomic E-state index is 12.7. The summed E-state index contributed by atoms with van der Waals surface area (Å²) in [6.07, 6.45) is 2.69. The summed E-state index contributed by atoms with van der Waals surface area (Å²) in [6, 6.07) is 15.8. The molecule has 0 saturated carbocycles.